The van der Waals surface area contributed by atoms with E-state index in [-0.39, 0.29) is 12.1 Å². The molecule has 1 atom stereocenters. The van der Waals surface area contributed by atoms with Crippen LogP contribution in [0.2, 0.25) is 0 Å². The summed E-state index contributed by atoms with van der Waals surface area (Å²) >= 11 is 0. The van der Waals surface area contributed by atoms with Gasteiger partial charge in [0.15, 0.2) is 0 Å². The molecule has 0 aliphatic carbocycles. The number of halogens is 1. The van der Waals surface area contributed by atoms with Gasteiger partial charge in [0.25, 0.3) is 5.91 Å². The van der Waals surface area contributed by atoms with Crippen LogP contribution in [0.4, 0.5) is 15.8 Å². The summed E-state index contributed by atoms with van der Waals surface area (Å²) in [5.74, 6) is -1.59. The van der Waals surface area contributed by atoms with Crippen LogP contribution >= 0.6 is 0 Å². The highest BCUT2D eigenvalue weighted by Crippen LogP contribution is 2.25. The Morgan fingerprint density at radius 3 is 2.62 bits per heavy atom. The van der Waals surface area contributed by atoms with E-state index in [9.17, 15) is 18.8 Å². The van der Waals surface area contributed by atoms with Crippen molar-refractivity contribution in [2.45, 2.75) is 12.5 Å². The van der Waals surface area contributed by atoms with E-state index >= 15 is 0 Å². The van der Waals surface area contributed by atoms with Gasteiger partial charge >= 0.3 is 5.63 Å². The summed E-state index contributed by atoms with van der Waals surface area (Å²) in [4.78, 5) is 35.7. The second-order valence-electron chi connectivity index (χ2n) is 6.45. The van der Waals surface area contributed by atoms with Crippen LogP contribution in [0.15, 0.2) is 68.9 Å². The van der Waals surface area contributed by atoms with Crippen LogP contribution in [0, 0.1) is 5.82 Å². The molecular formula is C20H15FN4O4. The molecule has 0 radical (unpaired) electrons. The van der Waals surface area contributed by atoms with Crippen molar-refractivity contribution >= 4 is 39.9 Å². The van der Waals surface area contributed by atoms with Gasteiger partial charge < -0.3 is 15.5 Å². The van der Waals surface area contributed by atoms with Gasteiger partial charge in [-0.2, -0.15) is 5.10 Å². The molecule has 0 bridgehead atoms. The van der Waals surface area contributed by atoms with Crippen LogP contribution in [0.5, 0.6) is 0 Å². The number of carbonyl (C=O) groups excluding carboxylic acids is 2. The smallest absolute Gasteiger partial charge is 0.336 e. The molecule has 3 N–H and O–H groups in total. The molecular weight excluding hydrogens is 379 g/mol. The van der Waals surface area contributed by atoms with E-state index < -0.39 is 29.3 Å². The molecule has 8 nitrogen and oxygen atoms in total. The van der Waals surface area contributed by atoms with E-state index in [0.717, 1.165) is 0 Å². The Morgan fingerprint density at radius 2 is 1.90 bits per heavy atom. The van der Waals surface area contributed by atoms with E-state index in [0.29, 0.717) is 22.3 Å². The fourth-order valence-corrected chi connectivity index (χ4v) is 3.05. The molecule has 146 valence electrons. The molecule has 4 rings (SSSR count). The van der Waals surface area contributed by atoms with Crippen molar-refractivity contribution < 1.29 is 18.4 Å². The Labute approximate surface area is 163 Å². The summed E-state index contributed by atoms with van der Waals surface area (Å²) in [5, 5.41) is 8.87. The van der Waals surface area contributed by atoms with Crippen molar-refractivity contribution in [3.05, 3.63) is 70.8 Å². The molecule has 0 saturated heterocycles. The standard InChI is InChI=1S/C20H15FN4O4/c21-12-2-5-14(6-3-12)25-16(19(22)27)10-15(24-25)20(28)23-13-4-7-17-11(9-13)1-8-18(26)29-17/h1-9,16H,10H2,(H2,22,27)(H,23,28). The third-order valence-corrected chi connectivity index (χ3v) is 4.47. The molecule has 3 aromatic rings. The number of hydrogen-bond acceptors (Lipinski definition) is 6. The van der Waals surface area contributed by atoms with Gasteiger partial charge in [-0.05, 0) is 48.5 Å². The zero-order chi connectivity index (χ0) is 20.5. The average molecular weight is 394 g/mol. The van der Waals surface area contributed by atoms with E-state index in [1.54, 1.807) is 24.3 Å². The zero-order valence-corrected chi connectivity index (χ0v) is 15.0. The second kappa shape index (κ2) is 7.19. The van der Waals surface area contributed by atoms with Crippen molar-refractivity contribution in [1.82, 2.24) is 0 Å². The molecule has 2 aromatic carbocycles. The maximum absolute atomic E-state index is 13.2. The van der Waals surface area contributed by atoms with Crippen molar-refractivity contribution in [1.29, 1.82) is 0 Å². The van der Waals surface area contributed by atoms with Gasteiger partial charge in [-0.15, -0.1) is 0 Å². The minimum atomic E-state index is -0.855. The minimum absolute atomic E-state index is 0.0149. The van der Waals surface area contributed by atoms with E-state index in [1.807, 2.05) is 0 Å². The fraction of sp³-hybridized carbons (Fsp3) is 0.100. The quantitative estimate of drug-likeness (QED) is 0.656. The number of hydrogen-bond donors (Lipinski definition) is 2. The number of hydrazone groups is 1. The number of nitrogens with one attached hydrogen (secondary N) is 1. The number of anilines is 2. The number of primary amides is 1. The van der Waals surface area contributed by atoms with E-state index in [2.05, 4.69) is 10.4 Å². The lowest BCUT2D eigenvalue weighted by Gasteiger charge is -2.20. The lowest BCUT2D eigenvalue weighted by Crippen LogP contribution is -2.39. The lowest BCUT2D eigenvalue weighted by molar-refractivity contribution is -0.119. The van der Waals surface area contributed by atoms with Gasteiger partial charge in [-0.25, -0.2) is 9.18 Å². The Hall–Kier alpha value is -4.01. The molecule has 2 amide bonds. The van der Waals surface area contributed by atoms with Crippen molar-refractivity contribution in [2.24, 2.45) is 10.8 Å². The predicted octanol–water partition coefficient (Wildman–Crippen LogP) is 1.99. The first-order chi connectivity index (χ1) is 13.9. The Morgan fingerprint density at radius 1 is 1.14 bits per heavy atom. The van der Waals surface area contributed by atoms with Crippen molar-refractivity contribution in [3.63, 3.8) is 0 Å². The molecule has 0 saturated carbocycles. The maximum Gasteiger partial charge on any atom is 0.336 e. The molecule has 1 aliphatic rings. The first-order valence-electron chi connectivity index (χ1n) is 8.67. The molecule has 0 spiro atoms. The fourth-order valence-electron chi connectivity index (χ4n) is 3.05. The predicted molar refractivity (Wildman–Crippen MR) is 105 cm³/mol. The van der Waals surface area contributed by atoms with Crippen LogP contribution in [-0.2, 0) is 9.59 Å². The van der Waals surface area contributed by atoms with E-state index in [4.69, 9.17) is 10.2 Å². The zero-order valence-electron chi connectivity index (χ0n) is 15.0. The number of rotatable bonds is 4. The Bertz CT molecular complexity index is 1200. The lowest BCUT2D eigenvalue weighted by atomic mass is 10.1. The van der Waals surface area contributed by atoms with Gasteiger partial charge in [-0.1, -0.05) is 0 Å². The molecule has 1 aromatic heterocycles. The van der Waals surface area contributed by atoms with Crippen LogP contribution in [0.1, 0.15) is 6.42 Å². The molecule has 1 aliphatic heterocycles. The third kappa shape index (κ3) is 3.70. The number of benzene rings is 2. The summed E-state index contributed by atoms with van der Waals surface area (Å²) < 4.78 is 18.2. The normalized spacial score (nSPS) is 16.0. The average Bonchev–Trinajstić information content (AvgIpc) is 3.15. The third-order valence-electron chi connectivity index (χ3n) is 4.47. The van der Waals surface area contributed by atoms with Gasteiger partial charge in [0.2, 0.25) is 5.91 Å². The monoisotopic (exact) mass is 394 g/mol. The second-order valence-corrected chi connectivity index (χ2v) is 6.45. The number of amides is 2. The number of nitrogens with zero attached hydrogens (tertiary/aromatic N) is 2. The summed E-state index contributed by atoms with van der Waals surface area (Å²) in [5.41, 5.74) is 6.40. The largest absolute Gasteiger partial charge is 0.423 e. The summed E-state index contributed by atoms with van der Waals surface area (Å²) in [7, 11) is 0. The molecule has 0 fully saturated rings. The van der Waals surface area contributed by atoms with Gasteiger partial charge in [0.1, 0.15) is 23.2 Å². The Balaban J connectivity index is 1.58. The maximum atomic E-state index is 13.2. The molecule has 2 heterocycles. The van der Waals surface area contributed by atoms with E-state index in [1.165, 1.54) is 35.3 Å². The summed E-state index contributed by atoms with van der Waals surface area (Å²) in [6, 6.07) is 12.2. The van der Waals surface area contributed by atoms with Gasteiger partial charge in [-0.3, -0.25) is 14.6 Å². The first kappa shape index (κ1) is 18.4. The summed E-state index contributed by atoms with van der Waals surface area (Å²) in [6.07, 6.45) is 0.0149. The number of fused-ring (bicyclic) bond motifs is 1. The SMILES string of the molecule is NC(=O)C1CC(C(=O)Nc2ccc3oc(=O)ccc3c2)=NN1c1ccc(F)cc1. The van der Waals surface area contributed by atoms with Gasteiger partial charge in [0.05, 0.1) is 5.69 Å². The highest BCUT2D eigenvalue weighted by molar-refractivity contribution is 6.44. The number of nitrogens with two attached hydrogens (primary N) is 1. The molecule has 1 unspecified atom stereocenters. The highest BCUT2D eigenvalue weighted by Gasteiger charge is 2.35. The van der Waals surface area contributed by atoms with Crippen LogP contribution in [0.3, 0.4) is 0 Å². The highest BCUT2D eigenvalue weighted by atomic mass is 19.1. The van der Waals surface area contributed by atoms with Crippen molar-refractivity contribution in [3.8, 4) is 0 Å². The van der Waals surface area contributed by atoms with Gasteiger partial charge in [0, 0.05) is 23.6 Å². The van der Waals surface area contributed by atoms with Crippen LogP contribution in [0.25, 0.3) is 11.0 Å². The Kier molecular flexibility index (Phi) is 4.55. The first-order valence-corrected chi connectivity index (χ1v) is 8.67. The van der Waals surface area contributed by atoms with Crippen molar-refractivity contribution in [2.75, 3.05) is 10.3 Å². The molecule has 29 heavy (non-hydrogen) atoms. The topological polar surface area (TPSA) is 118 Å². The molecule has 9 heteroatoms. The minimum Gasteiger partial charge on any atom is -0.423 e. The van der Waals surface area contributed by atoms with Crippen LogP contribution < -0.4 is 21.7 Å². The van der Waals surface area contributed by atoms with Crippen LogP contribution in [-0.4, -0.2) is 23.6 Å². The summed E-state index contributed by atoms with van der Waals surface area (Å²) in [6.45, 7) is 0. The number of carbonyl (C=O) groups is 2.